The third-order valence-electron chi connectivity index (χ3n) is 6.42. The predicted octanol–water partition coefficient (Wildman–Crippen LogP) is 2.03. The topological polar surface area (TPSA) is 97.0 Å². The second-order valence-corrected chi connectivity index (χ2v) is 8.60. The number of hydrogen-bond acceptors (Lipinski definition) is 6. The Morgan fingerprint density at radius 3 is 2.62 bits per heavy atom. The number of likely N-dealkylation sites (tertiary alicyclic amines) is 1. The standard InChI is InChI=1S/C25H33N3O4/c1-2-17-8-9-21-22(14-17)32-23(16-31-21)20(29)15-27-19-10-12-28(13-11-19)24(25(26)30)18-6-4-3-5-7-18/h3-9,14,19-20,23-24,27,29H,2,10-13,15-16H2,1H3,(H2,26,30). The van der Waals surface area contributed by atoms with Gasteiger partial charge >= 0.3 is 0 Å². The van der Waals surface area contributed by atoms with Crippen LogP contribution in [-0.4, -0.2) is 60.4 Å². The lowest BCUT2D eigenvalue weighted by atomic mass is 9.98. The molecule has 0 saturated carbocycles. The smallest absolute Gasteiger partial charge is 0.239 e. The summed E-state index contributed by atoms with van der Waals surface area (Å²) in [4.78, 5) is 14.3. The van der Waals surface area contributed by atoms with Gasteiger partial charge in [-0.05, 0) is 42.5 Å². The molecular formula is C25H33N3O4. The Labute approximate surface area is 189 Å². The lowest BCUT2D eigenvalue weighted by molar-refractivity contribution is -0.124. The lowest BCUT2D eigenvalue weighted by Gasteiger charge is -2.37. The van der Waals surface area contributed by atoms with Gasteiger partial charge < -0.3 is 25.6 Å². The van der Waals surface area contributed by atoms with Crippen LogP contribution in [0.2, 0.25) is 0 Å². The normalized spacial score (nSPS) is 21.1. The zero-order valence-electron chi connectivity index (χ0n) is 18.6. The molecule has 1 amide bonds. The van der Waals surface area contributed by atoms with Crippen LogP contribution in [0.5, 0.6) is 11.5 Å². The van der Waals surface area contributed by atoms with E-state index in [9.17, 15) is 9.90 Å². The molecule has 2 aromatic carbocycles. The number of piperidine rings is 1. The molecule has 3 unspecified atom stereocenters. The minimum Gasteiger partial charge on any atom is -0.486 e. The molecule has 2 aromatic rings. The summed E-state index contributed by atoms with van der Waals surface area (Å²) in [6, 6.07) is 15.5. The van der Waals surface area contributed by atoms with E-state index in [-0.39, 0.29) is 11.9 Å². The van der Waals surface area contributed by atoms with E-state index >= 15 is 0 Å². The van der Waals surface area contributed by atoms with Crippen LogP contribution in [0.25, 0.3) is 0 Å². The summed E-state index contributed by atoms with van der Waals surface area (Å²) >= 11 is 0. The van der Waals surface area contributed by atoms with Crippen molar-refractivity contribution in [2.24, 2.45) is 5.73 Å². The van der Waals surface area contributed by atoms with Gasteiger partial charge in [0.05, 0.1) is 0 Å². The van der Waals surface area contributed by atoms with Crippen LogP contribution in [0.3, 0.4) is 0 Å². The largest absolute Gasteiger partial charge is 0.486 e. The van der Waals surface area contributed by atoms with Gasteiger partial charge in [0.25, 0.3) is 0 Å². The zero-order valence-corrected chi connectivity index (χ0v) is 18.6. The number of benzene rings is 2. The number of carbonyl (C=O) groups is 1. The number of primary amides is 1. The molecule has 0 aromatic heterocycles. The van der Waals surface area contributed by atoms with Crippen LogP contribution in [-0.2, 0) is 11.2 Å². The summed E-state index contributed by atoms with van der Waals surface area (Å²) in [6.07, 6.45) is 1.61. The highest BCUT2D eigenvalue weighted by Crippen LogP contribution is 2.33. The molecule has 2 aliphatic rings. The van der Waals surface area contributed by atoms with Crippen LogP contribution in [0.15, 0.2) is 48.5 Å². The van der Waals surface area contributed by atoms with Crippen molar-refractivity contribution >= 4 is 5.91 Å². The number of amides is 1. The van der Waals surface area contributed by atoms with Crippen molar-refractivity contribution < 1.29 is 19.4 Å². The van der Waals surface area contributed by atoms with Gasteiger partial charge in [0.15, 0.2) is 17.6 Å². The Kier molecular flexibility index (Phi) is 7.29. The van der Waals surface area contributed by atoms with E-state index in [0.717, 1.165) is 43.7 Å². The quantitative estimate of drug-likeness (QED) is 0.582. The number of nitrogens with one attached hydrogen (secondary N) is 1. The van der Waals surface area contributed by atoms with Crippen molar-refractivity contribution in [3.8, 4) is 11.5 Å². The average Bonchev–Trinajstić information content (AvgIpc) is 2.83. The van der Waals surface area contributed by atoms with E-state index in [1.165, 1.54) is 5.56 Å². The molecule has 7 nitrogen and oxygen atoms in total. The maximum atomic E-state index is 12.1. The highest BCUT2D eigenvalue weighted by molar-refractivity contribution is 5.81. The highest BCUT2D eigenvalue weighted by Gasteiger charge is 2.31. The summed E-state index contributed by atoms with van der Waals surface area (Å²) in [7, 11) is 0. The maximum absolute atomic E-state index is 12.1. The van der Waals surface area contributed by atoms with Gasteiger partial charge in [-0.1, -0.05) is 43.3 Å². The van der Waals surface area contributed by atoms with Crippen molar-refractivity contribution in [1.82, 2.24) is 10.2 Å². The minimum atomic E-state index is -0.672. The molecule has 1 fully saturated rings. The predicted molar refractivity (Wildman–Crippen MR) is 123 cm³/mol. The van der Waals surface area contributed by atoms with Crippen molar-refractivity contribution in [2.45, 2.75) is 50.5 Å². The molecule has 0 spiro atoms. The van der Waals surface area contributed by atoms with E-state index in [1.54, 1.807) is 0 Å². The van der Waals surface area contributed by atoms with Gasteiger partial charge in [0.2, 0.25) is 5.91 Å². The molecule has 172 valence electrons. The van der Waals surface area contributed by atoms with E-state index in [4.69, 9.17) is 15.2 Å². The fraction of sp³-hybridized carbons (Fsp3) is 0.480. The Bertz CT molecular complexity index is 899. The van der Waals surface area contributed by atoms with Crippen LogP contribution >= 0.6 is 0 Å². The summed E-state index contributed by atoms with van der Waals surface area (Å²) in [5.41, 5.74) is 7.82. The number of aliphatic hydroxyl groups is 1. The molecule has 2 heterocycles. The molecule has 32 heavy (non-hydrogen) atoms. The number of ether oxygens (including phenoxy) is 2. The number of fused-ring (bicyclic) bond motifs is 1. The van der Waals surface area contributed by atoms with Gasteiger partial charge in [-0.3, -0.25) is 9.69 Å². The zero-order chi connectivity index (χ0) is 22.5. The lowest BCUT2D eigenvalue weighted by Crippen LogP contribution is -2.50. The van der Waals surface area contributed by atoms with Crippen LogP contribution in [0.4, 0.5) is 0 Å². The van der Waals surface area contributed by atoms with Crippen LogP contribution in [0, 0.1) is 0 Å². The summed E-state index contributed by atoms with van der Waals surface area (Å²) < 4.78 is 11.8. The summed E-state index contributed by atoms with van der Waals surface area (Å²) in [6.45, 7) is 4.40. The van der Waals surface area contributed by atoms with Crippen LogP contribution < -0.4 is 20.5 Å². The number of carbonyl (C=O) groups excluding carboxylic acids is 1. The summed E-state index contributed by atoms with van der Waals surface area (Å²) in [5.74, 6) is 1.11. The fourth-order valence-electron chi connectivity index (χ4n) is 4.51. The van der Waals surface area contributed by atoms with E-state index < -0.39 is 18.2 Å². The van der Waals surface area contributed by atoms with Gasteiger partial charge in [0.1, 0.15) is 18.8 Å². The van der Waals surface area contributed by atoms with Crippen molar-refractivity contribution in [2.75, 3.05) is 26.2 Å². The Balaban J connectivity index is 1.26. The Morgan fingerprint density at radius 1 is 1.19 bits per heavy atom. The third kappa shape index (κ3) is 5.23. The first-order valence-corrected chi connectivity index (χ1v) is 11.5. The molecule has 7 heteroatoms. The van der Waals surface area contributed by atoms with Crippen molar-refractivity contribution in [3.05, 3.63) is 59.7 Å². The number of aryl methyl sites for hydroxylation is 1. The highest BCUT2D eigenvalue weighted by atomic mass is 16.6. The molecule has 3 atom stereocenters. The van der Waals surface area contributed by atoms with Gasteiger partial charge in [0, 0.05) is 25.7 Å². The van der Waals surface area contributed by atoms with Gasteiger partial charge in [-0.25, -0.2) is 0 Å². The third-order valence-corrected chi connectivity index (χ3v) is 6.42. The molecule has 4 rings (SSSR count). The Morgan fingerprint density at radius 2 is 1.94 bits per heavy atom. The monoisotopic (exact) mass is 439 g/mol. The number of nitrogens with two attached hydrogens (primary N) is 1. The van der Waals surface area contributed by atoms with Gasteiger partial charge in [-0.15, -0.1) is 0 Å². The second-order valence-electron chi connectivity index (χ2n) is 8.60. The van der Waals surface area contributed by atoms with Crippen LogP contribution in [0.1, 0.15) is 36.9 Å². The molecule has 4 N–H and O–H groups in total. The molecule has 1 saturated heterocycles. The number of rotatable bonds is 8. The molecular weight excluding hydrogens is 406 g/mol. The average molecular weight is 440 g/mol. The SMILES string of the molecule is CCc1ccc2c(c1)OC(C(O)CNC1CCN(C(C(N)=O)c3ccccc3)CC1)CO2. The summed E-state index contributed by atoms with van der Waals surface area (Å²) in [5, 5.41) is 14.1. The first-order valence-electron chi connectivity index (χ1n) is 11.5. The molecule has 2 aliphatic heterocycles. The second kappa shape index (κ2) is 10.3. The molecule has 0 radical (unpaired) electrons. The molecule has 0 aliphatic carbocycles. The van der Waals surface area contributed by atoms with Crippen molar-refractivity contribution in [1.29, 1.82) is 0 Å². The van der Waals surface area contributed by atoms with Crippen molar-refractivity contribution in [3.63, 3.8) is 0 Å². The minimum absolute atomic E-state index is 0.272. The van der Waals surface area contributed by atoms with E-state index in [2.05, 4.69) is 17.1 Å². The van der Waals surface area contributed by atoms with E-state index in [1.807, 2.05) is 48.5 Å². The first kappa shape index (κ1) is 22.6. The Hall–Kier alpha value is -2.61. The number of hydrogen-bond donors (Lipinski definition) is 3. The number of nitrogens with zero attached hydrogens (tertiary/aromatic N) is 1. The maximum Gasteiger partial charge on any atom is 0.239 e. The fourth-order valence-corrected chi connectivity index (χ4v) is 4.51. The van der Waals surface area contributed by atoms with Gasteiger partial charge in [-0.2, -0.15) is 0 Å². The molecule has 0 bridgehead atoms. The first-order chi connectivity index (χ1) is 15.5. The van der Waals surface area contributed by atoms with E-state index in [0.29, 0.717) is 18.9 Å². The number of aliphatic hydroxyl groups excluding tert-OH is 1.